The van der Waals surface area contributed by atoms with Gasteiger partial charge < -0.3 is 10.2 Å². The Morgan fingerprint density at radius 1 is 1.29 bits per heavy atom. The Labute approximate surface area is 166 Å². The van der Waals surface area contributed by atoms with Crippen molar-refractivity contribution in [1.29, 1.82) is 0 Å². The topological polar surface area (TPSA) is 84.7 Å². The van der Waals surface area contributed by atoms with Gasteiger partial charge in [-0.1, -0.05) is 13.5 Å². The lowest BCUT2D eigenvalue weighted by Gasteiger charge is -2.39. The van der Waals surface area contributed by atoms with Crippen molar-refractivity contribution in [1.82, 2.24) is 40.4 Å². The summed E-state index contributed by atoms with van der Waals surface area (Å²) in [5, 5.41) is 14.8. The van der Waals surface area contributed by atoms with Crippen molar-refractivity contribution in [2.24, 2.45) is 5.41 Å². The van der Waals surface area contributed by atoms with Gasteiger partial charge in [0.25, 0.3) is 0 Å². The number of aryl methyl sites for hydroxylation is 1. The molecule has 28 heavy (non-hydrogen) atoms. The third-order valence-corrected chi connectivity index (χ3v) is 6.47. The van der Waals surface area contributed by atoms with Crippen LogP contribution in [0.4, 0.5) is 0 Å². The summed E-state index contributed by atoms with van der Waals surface area (Å²) in [6.07, 6.45) is 10.6. The Morgan fingerprint density at radius 3 is 2.79 bits per heavy atom. The van der Waals surface area contributed by atoms with Gasteiger partial charge in [0.05, 0.1) is 17.6 Å². The summed E-state index contributed by atoms with van der Waals surface area (Å²) in [6.45, 7) is 11.8. The molecule has 0 atom stereocenters. The molecule has 1 saturated heterocycles. The number of hydrogen-bond acceptors (Lipinski definition) is 7. The minimum atomic E-state index is 0.358. The van der Waals surface area contributed by atoms with Crippen molar-refractivity contribution in [3.8, 4) is 5.82 Å². The average Bonchev–Trinajstić information content (AvgIpc) is 3.34. The molecule has 0 radical (unpaired) electrons. The Morgan fingerprint density at radius 2 is 2.11 bits per heavy atom. The van der Waals surface area contributed by atoms with Gasteiger partial charge in [0.2, 0.25) is 0 Å². The van der Waals surface area contributed by atoms with Crippen molar-refractivity contribution < 1.29 is 0 Å². The van der Waals surface area contributed by atoms with Crippen LogP contribution >= 0.6 is 0 Å². The van der Waals surface area contributed by atoms with E-state index in [1.165, 1.54) is 61.8 Å². The smallest absolute Gasteiger partial charge is 0.175 e. The molecule has 0 amide bonds. The van der Waals surface area contributed by atoms with E-state index in [0.717, 1.165) is 24.5 Å². The summed E-state index contributed by atoms with van der Waals surface area (Å²) in [4.78, 5) is 11.7. The molecule has 0 bridgehead atoms. The van der Waals surface area contributed by atoms with Crippen LogP contribution in [0.2, 0.25) is 0 Å². The zero-order valence-corrected chi connectivity index (χ0v) is 16.9. The fraction of sp³-hybridized carbons (Fsp3) is 0.650. The summed E-state index contributed by atoms with van der Waals surface area (Å²) in [6, 6.07) is 0.541. The first-order chi connectivity index (χ1) is 13.6. The van der Waals surface area contributed by atoms with Gasteiger partial charge in [0.15, 0.2) is 5.82 Å². The first kappa shape index (κ1) is 19.0. The van der Waals surface area contributed by atoms with E-state index in [0.29, 0.717) is 17.3 Å². The van der Waals surface area contributed by atoms with Crippen molar-refractivity contribution in [2.75, 3.05) is 13.1 Å². The molecule has 1 spiro atoms. The van der Waals surface area contributed by atoms with Gasteiger partial charge in [-0.05, 0) is 55.9 Å². The average molecular weight is 383 g/mol. The van der Waals surface area contributed by atoms with Gasteiger partial charge in [-0.2, -0.15) is 4.68 Å². The zero-order valence-electron chi connectivity index (χ0n) is 16.9. The molecule has 0 aromatic carbocycles. The van der Waals surface area contributed by atoms with E-state index in [9.17, 15) is 0 Å². The summed E-state index contributed by atoms with van der Waals surface area (Å²) >= 11 is 0. The second kappa shape index (κ2) is 7.95. The molecule has 4 rings (SSSR count). The summed E-state index contributed by atoms with van der Waals surface area (Å²) in [5.41, 5.74) is 3.65. The lowest BCUT2D eigenvalue weighted by atomic mass is 9.70. The van der Waals surface area contributed by atoms with E-state index in [-0.39, 0.29) is 0 Å². The minimum absolute atomic E-state index is 0.358. The van der Waals surface area contributed by atoms with E-state index in [1.54, 1.807) is 6.20 Å². The highest BCUT2D eigenvalue weighted by molar-refractivity contribution is 5.21. The van der Waals surface area contributed by atoms with Crippen LogP contribution < -0.4 is 5.32 Å². The molecule has 1 aliphatic carbocycles. The molecule has 1 N–H and O–H groups in total. The molecule has 2 aromatic rings. The SMILES string of the molecule is C=C1N(CCC)CCC12CCC(NCc1ncc(-n3cnnn3)nc1C)CC2. The molecule has 1 aliphatic heterocycles. The molecule has 8 nitrogen and oxygen atoms in total. The first-order valence-corrected chi connectivity index (χ1v) is 10.3. The highest BCUT2D eigenvalue weighted by atomic mass is 15.5. The van der Waals surface area contributed by atoms with Crippen LogP contribution in [0.25, 0.3) is 5.82 Å². The molecule has 3 heterocycles. The number of rotatable bonds is 6. The van der Waals surface area contributed by atoms with Crippen molar-refractivity contribution >= 4 is 0 Å². The largest absolute Gasteiger partial charge is 0.375 e. The summed E-state index contributed by atoms with van der Waals surface area (Å²) in [7, 11) is 0. The Hall–Kier alpha value is -2.35. The van der Waals surface area contributed by atoms with Crippen LogP contribution in [-0.2, 0) is 6.54 Å². The van der Waals surface area contributed by atoms with Crippen LogP contribution in [0, 0.1) is 12.3 Å². The summed E-state index contributed by atoms with van der Waals surface area (Å²) in [5.74, 6) is 0.641. The fourth-order valence-electron chi connectivity index (χ4n) is 4.68. The van der Waals surface area contributed by atoms with Gasteiger partial charge in [0, 0.05) is 36.8 Å². The number of allylic oxidation sites excluding steroid dienone is 1. The molecule has 150 valence electrons. The molecule has 0 unspecified atom stereocenters. The second-order valence-corrected chi connectivity index (χ2v) is 8.13. The first-order valence-electron chi connectivity index (χ1n) is 10.3. The van der Waals surface area contributed by atoms with E-state index in [2.05, 4.69) is 49.2 Å². The monoisotopic (exact) mass is 382 g/mol. The van der Waals surface area contributed by atoms with Gasteiger partial charge in [-0.25, -0.2) is 4.98 Å². The van der Waals surface area contributed by atoms with E-state index < -0.39 is 0 Å². The van der Waals surface area contributed by atoms with Crippen LogP contribution in [0.3, 0.4) is 0 Å². The van der Waals surface area contributed by atoms with Crippen molar-refractivity contribution in [3.63, 3.8) is 0 Å². The maximum Gasteiger partial charge on any atom is 0.175 e. The van der Waals surface area contributed by atoms with Crippen LogP contribution in [-0.4, -0.2) is 54.2 Å². The maximum atomic E-state index is 4.57. The fourth-order valence-corrected chi connectivity index (χ4v) is 4.68. The van der Waals surface area contributed by atoms with Crippen molar-refractivity contribution in [3.05, 3.63) is 36.2 Å². The number of nitrogens with zero attached hydrogens (tertiary/aromatic N) is 7. The predicted octanol–water partition coefficient (Wildman–Crippen LogP) is 2.41. The van der Waals surface area contributed by atoms with E-state index in [4.69, 9.17) is 0 Å². The van der Waals surface area contributed by atoms with Gasteiger partial charge >= 0.3 is 0 Å². The van der Waals surface area contributed by atoms with Crippen molar-refractivity contribution in [2.45, 2.75) is 65.0 Å². The van der Waals surface area contributed by atoms with Gasteiger partial charge in [0.1, 0.15) is 6.33 Å². The highest BCUT2D eigenvalue weighted by Gasteiger charge is 2.43. The van der Waals surface area contributed by atoms with E-state index in [1.807, 2.05) is 6.92 Å². The standard InChI is InChI=1S/C20H30N8/c1-4-10-27-11-9-20(16(27)3)7-5-17(6-8-20)21-12-18-15(2)24-19(13-22-18)28-14-23-25-26-28/h13-14,17,21H,3-12H2,1-2H3. The molecular weight excluding hydrogens is 352 g/mol. The minimum Gasteiger partial charge on any atom is -0.375 e. The number of aromatic nitrogens is 6. The molecular formula is C20H30N8. The Bertz CT molecular complexity index is 808. The highest BCUT2D eigenvalue weighted by Crippen LogP contribution is 2.49. The van der Waals surface area contributed by atoms with Crippen LogP contribution in [0.1, 0.15) is 56.8 Å². The van der Waals surface area contributed by atoms with Crippen LogP contribution in [0.15, 0.2) is 24.8 Å². The van der Waals surface area contributed by atoms with Gasteiger partial charge in [-0.15, -0.1) is 5.10 Å². The lowest BCUT2D eigenvalue weighted by molar-refractivity contribution is 0.204. The lowest BCUT2D eigenvalue weighted by Crippen LogP contribution is -2.38. The van der Waals surface area contributed by atoms with E-state index >= 15 is 0 Å². The number of nitrogens with one attached hydrogen (secondary N) is 1. The second-order valence-electron chi connectivity index (χ2n) is 8.13. The summed E-state index contributed by atoms with van der Waals surface area (Å²) < 4.78 is 1.52. The van der Waals surface area contributed by atoms with Gasteiger partial charge in [-0.3, -0.25) is 4.98 Å². The molecule has 2 fully saturated rings. The third kappa shape index (κ3) is 3.65. The normalized spacial score (nSPS) is 25.0. The maximum absolute atomic E-state index is 4.57. The molecule has 1 saturated carbocycles. The molecule has 2 aromatic heterocycles. The van der Waals surface area contributed by atoms with Crippen LogP contribution in [0.5, 0.6) is 0 Å². The number of likely N-dealkylation sites (tertiary alicyclic amines) is 1. The predicted molar refractivity (Wildman–Crippen MR) is 107 cm³/mol. The Balaban J connectivity index is 1.31. The Kier molecular flexibility index (Phi) is 5.39. The third-order valence-electron chi connectivity index (χ3n) is 6.47. The molecule has 2 aliphatic rings. The quantitative estimate of drug-likeness (QED) is 0.821. The zero-order chi connectivity index (χ0) is 19.6. The number of hydrogen-bond donors (Lipinski definition) is 1. The number of tetrazole rings is 1. The molecule has 8 heteroatoms.